The topological polar surface area (TPSA) is 69.5 Å². The molecule has 7 heteroatoms. The van der Waals surface area contributed by atoms with Crippen LogP contribution in [0.25, 0.3) is 0 Å². The molecule has 23 heavy (non-hydrogen) atoms. The summed E-state index contributed by atoms with van der Waals surface area (Å²) in [5, 5.41) is 15.4. The summed E-state index contributed by atoms with van der Waals surface area (Å²) in [6.45, 7) is 0.729. The van der Waals surface area contributed by atoms with Crippen LogP contribution < -0.4 is 10.6 Å². The van der Waals surface area contributed by atoms with Gasteiger partial charge in [0.05, 0.1) is 18.8 Å². The molecule has 0 amide bonds. The van der Waals surface area contributed by atoms with Gasteiger partial charge in [-0.15, -0.1) is 24.0 Å². The van der Waals surface area contributed by atoms with Crippen molar-refractivity contribution < 1.29 is 9.50 Å². The van der Waals surface area contributed by atoms with Crippen LogP contribution in [0.4, 0.5) is 4.39 Å². The number of pyridine rings is 1. The van der Waals surface area contributed by atoms with Crippen molar-refractivity contribution >= 4 is 29.9 Å². The molecule has 0 atom stereocenters. The number of hydrogen-bond donors (Lipinski definition) is 3. The Morgan fingerprint density at radius 2 is 2.00 bits per heavy atom. The van der Waals surface area contributed by atoms with E-state index in [0.29, 0.717) is 19.0 Å². The van der Waals surface area contributed by atoms with E-state index in [1.807, 2.05) is 18.2 Å². The van der Waals surface area contributed by atoms with E-state index in [2.05, 4.69) is 20.6 Å². The predicted octanol–water partition coefficient (Wildman–Crippen LogP) is 2.20. The summed E-state index contributed by atoms with van der Waals surface area (Å²) >= 11 is 0. The van der Waals surface area contributed by atoms with Crippen molar-refractivity contribution in [3.05, 3.63) is 65.2 Å². The van der Waals surface area contributed by atoms with Crippen molar-refractivity contribution in [3.63, 3.8) is 0 Å². The van der Waals surface area contributed by atoms with Gasteiger partial charge in [-0.3, -0.25) is 9.98 Å². The van der Waals surface area contributed by atoms with Crippen LogP contribution in [0, 0.1) is 5.82 Å². The van der Waals surface area contributed by atoms with Gasteiger partial charge in [-0.05, 0) is 29.8 Å². The molecule has 0 fully saturated rings. The van der Waals surface area contributed by atoms with Crippen LogP contribution in [0.15, 0.2) is 47.6 Å². The molecule has 0 bridgehead atoms. The van der Waals surface area contributed by atoms with Crippen LogP contribution in [0.3, 0.4) is 0 Å². The zero-order chi connectivity index (χ0) is 15.8. The maximum Gasteiger partial charge on any atom is 0.191 e. The van der Waals surface area contributed by atoms with Crippen LogP contribution in [-0.2, 0) is 19.7 Å². The Kier molecular flexibility index (Phi) is 8.49. The number of nitrogens with one attached hydrogen (secondary N) is 2. The van der Waals surface area contributed by atoms with E-state index < -0.39 is 5.82 Å². The Labute approximate surface area is 152 Å². The van der Waals surface area contributed by atoms with Gasteiger partial charge in [0.25, 0.3) is 0 Å². The molecule has 0 saturated carbocycles. The minimum Gasteiger partial charge on any atom is -0.392 e. The highest BCUT2D eigenvalue weighted by Gasteiger charge is 2.04. The van der Waals surface area contributed by atoms with E-state index in [1.54, 1.807) is 25.4 Å². The third-order valence-electron chi connectivity index (χ3n) is 3.13. The molecule has 0 aliphatic carbocycles. The first-order chi connectivity index (χ1) is 10.7. The molecule has 0 spiro atoms. The number of guanidine groups is 1. The van der Waals surface area contributed by atoms with Gasteiger partial charge in [-0.2, -0.15) is 0 Å². The van der Waals surface area contributed by atoms with Crippen molar-refractivity contribution in [3.8, 4) is 0 Å². The number of halogens is 2. The van der Waals surface area contributed by atoms with Crippen molar-refractivity contribution in [2.75, 3.05) is 7.05 Å². The lowest BCUT2D eigenvalue weighted by atomic mass is 10.1. The van der Waals surface area contributed by atoms with E-state index in [1.165, 1.54) is 6.07 Å². The van der Waals surface area contributed by atoms with Gasteiger partial charge in [0.1, 0.15) is 5.82 Å². The summed E-state index contributed by atoms with van der Waals surface area (Å²) in [4.78, 5) is 8.34. The summed E-state index contributed by atoms with van der Waals surface area (Å²) in [6.07, 6.45) is 1.74. The maximum atomic E-state index is 13.3. The van der Waals surface area contributed by atoms with Crippen molar-refractivity contribution in [1.29, 1.82) is 0 Å². The number of nitrogens with zero attached hydrogens (tertiary/aromatic N) is 2. The highest BCUT2D eigenvalue weighted by Crippen LogP contribution is 2.10. The van der Waals surface area contributed by atoms with E-state index in [-0.39, 0.29) is 36.1 Å². The average Bonchev–Trinajstić information content (AvgIpc) is 2.57. The molecular weight excluding hydrogens is 410 g/mol. The Morgan fingerprint density at radius 3 is 2.65 bits per heavy atom. The zero-order valence-corrected chi connectivity index (χ0v) is 15.1. The Bertz CT molecular complexity index is 637. The van der Waals surface area contributed by atoms with Gasteiger partial charge >= 0.3 is 0 Å². The van der Waals surface area contributed by atoms with Crippen molar-refractivity contribution in [1.82, 2.24) is 15.6 Å². The molecule has 5 nitrogen and oxygen atoms in total. The number of aliphatic hydroxyl groups excluding tert-OH is 1. The molecule has 1 heterocycles. The second kappa shape index (κ2) is 10.1. The first kappa shape index (κ1) is 19.3. The first-order valence-electron chi connectivity index (χ1n) is 6.95. The van der Waals surface area contributed by atoms with Gasteiger partial charge in [-0.1, -0.05) is 12.1 Å². The molecule has 0 radical (unpaired) electrons. The molecule has 2 aromatic rings. The molecule has 0 aliphatic heterocycles. The second-order valence-corrected chi connectivity index (χ2v) is 4.68. The van der Waals surface area contributed by atoms with Gasteiger partial charge in [0.2, 0.25) is 0 Å². The molecule has 3 N–H and O–H groups in total. The predicted molar refractivity (Wildman–Crippen MR) is 99.0 cm³/mol. The number of benzene rings is 1. The SMILES string of the molecule is CN=C(NCc1ccc(F)c(CO)c1)NCc1ccccn1.I. The first-order valence-corrected chi connectivity index (χ1v) is 6.95. The van der Waals surface area contributed by atoms with Gasteiger partial charge in [-0.25, -0.2) is 4.39 Å². The molecule has 0 aliphatic rings. The largest absolute Gasteiger partial charge is 0.392 e. The lowest BCUT2D eigenvalue weighted by Crippen LogP contribution is -2.36. The molecule has 0 unspecified atom stereocenters. The minimum atomic E-state index is -0.399. The summed E-state index contributed by atoms with van der Waals surface area (Å²) in [7, 11) is 1.68. The third-order valence-corrected chi connectivity index (χ3v) is 3.13. The summed E-state index contributed by atoms with van der Waals surface area (Å²) in [5.41, 5.74) is 2.07. The van der Waals surface area contributed by atoms with Crippen molar-refractivity contribution in [2.24, 2.45) is 4.99 Å². The number of hydrogen-bond acceptors (Lipinski definition) is 3. The van der Waals surface area contributed by atoms with E-state index in [4.69, 9.17) is 5.11 Å². The standard InChI is InChI=1S/C16H19FN4O.HI/c1-18-16(21-10-14-4-2-3-7-19-14)20-9-12-5-6-15(17)13(8-12)11-22;/h2-8,22H,9-11H2,1H3,(H2,18,20,21);1H. The summed E-state index contributed by atoms with van der Waals surface area (Å²) in [6, 6.07) is 10.4. The van der Waals surface area contributed by atoms with Gasteiger partial charge in [0.15, 0.2) is 5.96 Å². The Hall–Kier alpha value is -1.74. The van der Waals surface area contributed by atoms with E-state index in [0.717, 1.165) is 11.3 Å². The highest BCUT2D eigenvalue weighted by atomic mass is 127. The van der Waals surface area contributed by atoms with E-state index >= 15 is 0 Å². The fraction of sp³-hybridized carbons (Fsp3) is 0.250. The number of rotatable bonds is 5. The van der Waals surface area contributed by atoms with Crippen LogP contribution in [-0.4, -0.2) is 23.1 Å². The average molecular weight is 430 g/mol. The third kappa shape index (κ3) is 6.11. The van der Waals surface area contributed by atoms with Crippen molar-refractivity contribution in [2.45, 2.75) is 19.7 Å². The van der Waals surface area contributed by atoms with Gasteiger partial charge < -0.3 is 15.7 Å². The monoisotopic (exact) mass is 430 g/mol. The quantitative estimate of drug-likeness (QED) is 0.387. The molecule has 1 aromatic heterocycles. The minimum absolute atomic E-state index is 0. The van der Waals surface area contributed by atoms with Gasteiger partial charge in [0, 0.05) is 25.4 Å². The van der Waals surface area contributed by atoms with E-state index in [9.17, 15) is 4.39 Å². The lowest BCUT2D eigenvalue weighted by molar-refractivity contribution is 0.275. The zero-order valence-electron chi connectivity index (χ0n) is 12.8. The summed E-state index contributed by atoms with van der Waals surface area (Å²) in [5.74, 6) is 0.226. The van der Waals surface area contributed by atoms with Crippen LogP contribution in [0.1, 0.15) is 16.8 Å². The normalized spacial score (nSPS) is 10.8. The smallest absolute Gasteiger partial charge is 0.191 e. The fourth-order valence-corrected chi connectivity index (χ4v) is 1.94. The Morgan fingerprint density at radius 1 is 1.22 bits per heavy atom. The van der Waals surface area contributed by atoms with Crippen LogP contribution >= 0.6 is 24.0 Å². The lowest BCUT2D eigenvalue weighted by Gasteiger charge is -2.12. The van der Waals surface area contributed by atoms with Crippen LogP contribution in [0.5, 0.6) is 0 Å². The highest BCUT2D eigenvalue weighted by molar-refractivity contribution is 14.0. The fourth-order valence-electron chi connectivity index (χ4n) is 1.94. The number of aliphatic hydroxyl groups is 1. The molecular formula is C16H20FIN4O. The molecule has 0 saturated heterocycles. The molecule has 2 rings (SSSR count). The van der Waals surface area contributed by atoms with Crippen LogP contribution in [0.2, 0.25) is 0 Å². The number of aliphatic imine (C=N–C) groups is 1. The second-order valence-electron chi connectivity index (χ2n) is 4.68. The summed E-state index contributed by atoms with van der Waals surface area (Å²) < 4.78 is 13.3. The number of aromatic nitrogens is 1. The maximum absolute atomic E-state index is 13.3. The Balaban J connectivity index is 0.00000264. The molecule has 124 valence electrons. The molecule has 1 aromatic carbocycles.